The number of hydrogen-bond acceptors (Lipinski definition) is 5. The molecule has 3 aromatic carbocycles. The Morgan fingerprint density at radius 2 is 1.59 bits per heavy atom. The van der Waals surface area contributed by atoms with E-state index in [-0.39, 0.29) is 29.2 Å². The Morgan fingerprint density at radius 3 is 2.19 bits per heavy atom. The molecular weight excluding hydrogens is 488 g/mol. The van der Waals surface area contributed by atoms with Gasteiger partial charge in [-0.25, -0.2) is 13.1 Å². The molecule has 1 fully saturated rings. The lowest BCUT2D eigenvalue weighted by atomic mass is 9.96. The topological polar surface area (TPSA) is 102 Å². The van der Waals surface area contributed by atoms with Gasteiger partial charge in [-0.2, -0.15) is 0 Å². The van der Waals surface area contributed by atoms with E-state index in [4.69, 9.17) is 4.74 Å². The number of amides is 1. The monoisotopic (exact) mass is 520 g/mol. The van der Waals surface area contributed by atoms with Gasteiger partial charge in [0.2, 0.25) is 15.9 Å². The number of carbonyl (C=O) groups excluding carboxylic acids is 2. The quantitative estimate of drug-likeness (QED) is 0.351. The molecule has 0 aromatic heterocycles. The highest BCUT2D eigenvalue weighted by Gasteiger charge is 2.52. The standard InChI is InChI=1S/C29H32N2O5S/c1-3-36-28(33)29(19-20-29)24-12-14-25(15-13-24)30-27(32)18-11-22-9-16-26(17-10-22)37(34,35)31-21(2)23-7-5-4-6-8-23/h4-10,12-17,21,31H,3,11,18-20H2,1-2H3,(H,30,32). The van der Waals surface area contributed by atoms with Gasteiger partial charge in [-0.05, 0) is 74.1 Å². The molecule has 194 valence electrons. The zero-order chi connectivity index (χ0) is 26.5. The van der Waals surface area contributed by atoms with E-state index in [9.17, 15) is 18.0 Å². The summed E-state index contributed by atoms with van der Waals surface area (Å²) in [5.41, 5.74) is 2.79. The number of nitrogens with one attached hydrogen (secondary N) is 2. The van der Waals surface area contributed by atoms with Crippen LogP contribution in [0.5, 0.6) is 0 Å². The molecule has 8 heteroatoms. The first kappa shape index (κ1) is 26.6. The van der Waals surface area contributed by atoms with Crippen LogP contribution >= 0.6 is 0 Å². The van der Waals surface area contributed by atoms with E-state index >= 15 is 0 Å². The summed E-state index contributed by atoms with van der Waals surface area (Å²) in [6.45, 7) is 3.96. The lowest BCUT2D eigenvalue weighted by molar-refractivity contribution is -0.146. The van der Waals surface area contributed by atoms with Gasteiger partial charge in [0.15, 0.2) is 0 Å². The molecule has 0 spiro atoms. The second-order valence-corrected chi connectivity index (χ2v) is 11.0. The van der Waals surface area contributed by atoms with Crippen LogP contribution in [0.3, 0.4) is 0 Å². The van der Waals surface area contributed by atoms with Crippen LogP contribution in [0.25, 0.3) is 0 Å². The average molecular weight is 521 g/mol. The number of sulfonamides is 1. The van der Waals surface area contributed by atoms with Crippen LogP contribution in [0.1, 0.15) is 55.8 Å². The Hall–Kier alpha value is -3.49. The summed E-state index contributed by atoms with van der Waals surface area (Å²) >= 11 is 0. The smallest absolute Gasteiger partial charge is 0.316 e. The minimum atomic E-state index is -3.67. The van der Waals surface area contributed by atoms with Crippen LogP contribution in [0, 0.1) is 0 Å². The van der Waals surface area contributed by atoms with Crippen LogP contribution in [0.15, 0.2) is 83.8 Å². The molecule has 4 rings (SSSR count). The first-order chi connectivity index (χ1) is 17.7. The van der Waals surface area contributed by atoms with Crippen molar-refractivity contribution in [2.75, 3.05) is 11.9 Å². The Morgan fingerprint density at radius 1 is 0.946 bits per heavy atom. The van der Waals surface area contributed by atoms with Gasteiger partial charge in [-0.15, -0.1) is 0 Å². The van der Waals surface area contributed by atoms with Crippen LogP contribution < -0.4 is 10.0 Å². The summed E-state index contributed by atoms with van der Waals surface area (Å²) in [5.74, 6) is -0.332. The number of aryl methyl sites for hydroxylation is 1. The van der Waals surface area contributed by atoms with Gasteiger partial charge in [0, 0.05) is 18.2 Å². The highest BCUT2D eigenvalue weighted by atomic mass is 32.2. The zero-order valence-electron chi connectivity index (χ0n) is 21.1. The maximum absolute atomic E-state index is 12.8. The van der Waals surface area contributed by atoms with Crippen molar-refractivity contribution in [3.63, 3.8) is 0 Å². The average Bonchev–Trinajstić information content (AvgIpc) is 3.71. The Balaban J connectivity index is 1.28. The highest BCUT2D eigenvalue weighted by molar-refractivity contribution is 7.89. The van der Waals surface area contributed by atoms with Crippen molar-refractivity contribution in [1.82, 2.24) is 4.72 Å². The first-order valence-electron chi connectivity index (χ1n) is 12.5. The Labute approximate surface area is 218 Å². The lowest BCUT2D eigenvalue weighted by Gasteiger charge is -2.15. The molecule has 1 atom stereocenters. The van der Waals surface area contributed by atoms with Crippen LogP contribution in [-0.2, 0) is 36.2 Å². The molecule has 0 bridgehead atoms. The fourth-order valence-electron chi connectivity index (χ4n) is 4.30. The molecule has 1 unspecified atom stereocenters. The summed E-state index contributed by atoms with van der Waals surface area (Å²) in [5, 5.41) is 2.88. The number of carbonyl (C=O) groups is 2. The van der Waals surface area contributed by atoms with Crippen LogP contribution in [0.2, 0.25) is 0 Å². The summed E-state index contributed by atoms with van der Waals surface area (Å²) < 4.78 is 33.4. The molecule has 2 N–H and O–H groups in total. The van der Waals surface area contributed by atoms with Gasteiger partial charge in [-0.3, -0.25) is 9.59 Å². The van der Waals surface area contributed by atoms with E-state index in [1.807, 2.05) is 42.5 Å². The molecule has 1 aliphatic rings. The summed E-state index contributed by atoms with van der Waals surface area (Å²) in [6, 6.07) is 22.9. The Kier molecular flexibility index (Phi) is 8.10. The number of rotatable bonds is 11. The summed E-state index contributed by atoms with van der Waals surface area (Å²) in [7, 11) is -3.67. The fourth-order valence-corrected chi connectivity index (χ4v) is 5.54. The molecule has 3 aromatic rings. The third-order valence-corrected chi connectivity index (χ3v) is 8.20. The SMILES string of the molecule is CCOC(=O)C1(c2ccc(NC(=O)CCc3ccc(S(=O)(=O)NC(C)c4ccccc4)cc3)cc2)CC1. The fraction of sp³-hybridized carbons (Fsp3) is 0.310. The molecule has 1 amide bonds. The number of esters is 1. The maximum atomic E-state index is 12.8. The van der Waals surface area contributed by atoms with Crippen molar-refractivity contribution >= 4 is 27.6 Å². The number of anilines is 1. The molecule has 1 aliphatic carbocycles. The van der Waals surface area contributed by atoms with Gasteiger partial charge in [0.1, 0.15) is 0 Å². The summed E-state index contributed by atoms with van der Waals surface area (Å²) in [4.78, 5) is 24.9. The zero-order valence-corrected chi connectivity index (χ0v) is 21.9. The molecule has 0 aliphatic heterocycles. The third kappa shape index (κ3) is 6.45. The van der Waals surface area contributed by atoms with E-state index in [1.165, 1.54) is 0 Å². The molecule has 0 heterocycles. The maximum Gasteiger partial charge on any atom is 0.316 e. The molecule has 1 saturated carbocycles. The van der Waals surface area contributed by atoms with Gasteiger partial charge in [0.05, 0.1) is 16.9 Å². The van der Waals surface area contributed by atoms with Crippen molar-refractivity contribution in [3.05, 3.63) is 95.6 Å². The first-order valence-corrected chi connectivity index (χ1v) is 14.0. The van der Waals surface area contributed by atoms with Gasteiger partial charge in [0.25, 0.3) is 0 Å². The van der Waals surface area contributed by atoms with Crippen molar-refractivity contribution in [3.8, 4) is 0 Å². The normalized spacial score (nSPS) is 15.0. The van der Waals surface area contributed by atoms with Crippen LogP contribution in [-0.4, -0.2) is 26.9 Å². The van der Waals surface area contributed by atoms with Crippen LogP contribution in [0.4, 0.5) is 5.69 Å². The van der Waals surface area contributed by atoms with E-state index in [1.54, 1.807) is 50.2 Å². The number of hydrogen-bond donors (Lipinski definition) is 2. The predicted octanol–water partition coefficient (Wildman–Crippen LogP) is 4.89. The third-order valence-electron chi connectivity index (χ3n) is 6.64. The van der Waals surface area contributed by atoms with Crippen molar-refractivity contribution in [2.45, 2.75) is 55.9 Å². The minimum absolute atomic E-state index is 0.144. The van der Waals surface area contributed by atoms with Gasteiger partial charge < -0.3 is 10.1 Å². The minimum Gasteiger partial charge on any atom is -0.465 e. The number of benzene rings is 3. The van der Waals surface area contributed by atoms with E-state index in [2.05, 4.69) is 10.0 Å². The molecule has 0 radical (unpaired) electrons. The van der Waals surface area contributed by atoms with E-state index in [0.717, 1.165) is 29.5 Å². The Bertz CT molecular complexity index is 1330. The molecular formula is C29H32N2O5S. The molecule has 0 saturated heterocycles. The van der Waals surface area contributed by atoms with Crippen molar-refractivity contribution in [2.24, 2.45) is 0 Å². The van der Waals surface area contributed by atoms with Crippen molar-refractivity contribution < 1.29 is 22.7 Å². The second-order valence-electron chi connectivity index (χ2n) is 9.33. The van der Waals surface area contributed by atoms with Gasteiger partial charge >= 0.3 is 5.97 Å². The predicted molar refractivity (Wildman–Crippen MR) is 143 cm³/mol. The van der Waals surface area contributed by atoms with Crippen molar-refractivity contribution in [1.29, 1.82) is 0 Å². The lowest BCUT2D eigenvalue weighted by Crippen LogP contribution is -2.26. The second kappa shape index (κ2) is 11.3. The van der Waals surface area contributed by atoms with E-state index < -0.39 is 15.4 Å². The summed E-state index contributed by atoms with van der Waals surface area (Å²) in [6.07, 6.45) is 2.29. The largest absolute Gasteiger partial charge is 0.465 e. The molecule has 7 nitrogen and oxygen atoms in total. The highest BCUT2D eigenvalue weighted by Crippen LogP contribution is 2.49. The number of ether oxygens (including phenoxy) is 1. The van der Waals surface area contributed by atoms with E-state index in [0.29, 0.717) is 18.7 Å². The molecule has 37 heavy (non-hydrogen) atoms. The van der Waals surface area contributed by atoms with Gasteiger partial charge in [-0.1, -0.05) is 54.6 Å².